The van der Waals surface area contributed by atoms with Crippen molar-refractivity contribution in [2.24, 2.45) is 5.73 Å². The quantitative estimate of drug-likeness (QED) is 0.701. The van der Waals surface area contributed by atoms with E-state index in [2.05, 4.69) is 10.1 Å². The summed E-state index contributed by atoms with van der Waals surface area (Å²) in [6.07, 6.45) is 2.56. The third-order valence-corrected chi connectivity index (χ3v) is 1.74. The minimum absolute atomic E-state index is 0.506. The Kier molecular flexibility index (Phi) is 3.25. The van der Waals surface area contributed by atoms with Crippen LogP contribution in [0.2, 0.25) is 0 Å². The summed E-state index contributed by atoms with van der Waals surface area (Å²) in [5.74, 6) is 0.909. The van der Waals surface area contributed by atoms with E-state index >= 15 is 0 Å². The lowest BCUT2D eigenvalue weighted by Crippen LogP contribution is -2.15. The minimum atomic E-state index is 0.506. The van der Waals surface area contributed by atoms with E-state index in [0.717, 1.165) is 24.3 Å². The molecule has 2 N–H and O–H groups in total. The first kappa shape index (κ1) is 9.22. The van der Waals surface area contributed by atoms with Gasteiger partial charge >= 0.3 is 0 Å². The second-order valence-electron chi connectivity index (χ2n) is 3.03. The molecule has 0 saturated heterocycles. The fourth-order valence-electron chi connectivity index (χ4n) is 0.982. The van der Waals surface area contributed by atoms with Crippen LogP contribution in [0.1, 0.15) is 11.3 Å². The Morgan fingerprint density at radius 1 is 1.58 bits per heavy atom. The van der Waals surface area contributed by atoms with Crippen molar-refractivity contribution in [2.75, 3.05) is 20.6 Å². The molecule has 0 bridgehead atoms. The standard InChI is InChI=1S/C8H15N3O/c1-11(2)4-3-8-7(5-9)6-10-12-8/h6H,3-5,9H2,1-2H3. The fraction of sp³-hybridized carbons (Fsp3) is 0.625. The average Bonchev–Trinajstić information content (AvgIpc) is 2.47. The van der Waals surface area contributed by atoms with Crippen molar-refractivity contribution in [1.82, 2.24) is 10.1 Å². The molecule has 0 aromatic carbocycles. The number of nitrogens with two attached hydrogens (primary N) is 1. The van der Waals surface area contributed by atoms with Crippen LogP contribution in [0.25, 0.3) is 0 Å². The second-order valence-corrected chi connectivity index (χ2v) is 3.03. The van der Waals surface area contributed by atoms with E-state index in [9.17, 15) is 0 Å². The first-order valence-corrected chi connectivity index (χ1v) is 4.01. The maximum atomic E-state index is 5.49. The van der Waals surface area contributed by atoms with Gasteiger partial charge in [-0.3, -0.25) is 0 Å². The molecule has 4 nitrogen and oxygen atoms in total. The number of nitrogens with zero attached hydrogens (tertiary/aromatic N) is 2. The van der Waals surface area contributed by atoms with Gasteiger partial charge < -0.3 is 15.2 Å². The van der Waals surface area contributed by atoms with Gasteiger partial charge in [0.1, 0.15) is 5.76 Å². The molecule has 68 valence electrons. The summed E-state index contributed by atoms with van der Waals surface area (Å²) in [6.45, 7) is 1.47. The summed E-state index contributed by atoms with van der Waals surface area (Å²) in [5.41, 5.74) is 6.50. The van der Waals surface area contributed by atoms with Crippen molar-refractivity contribution in [2.45, 2.75) is 13.0 Å². The summed E-state index contributed by atoms with van der Waals surface area (Å²) in [7, 11) is 4.05. The largest absolute Gasteiger partial charge is 0.361 e. The van der Waals surface area contributed by atoms with Crippen molar-refractivity contribution in [1.29, 1.82) is 0 Å². The van der Waals surface area contributed by atoms with Gasteiger partial charge in [-0.15, -0.1) is 0 Å². The van der Waals surface area contributed by atoms with Crippen molar-refractivity contribution in [3.05, 3.63) is 17.5 Å². The molecular formula is C8H15N3O. The van der Waals surface area contributed by atoms with Crippen molar-refractivity contribution >= 4 is 0 Å². The van der Waals surface area contributed by atoms with E-state index in [1.807, 2.05) is 14.1 Å². The van der Waals surface area contributed by atoms with E-state index < -0.39 is 0 Å². The van der Waals surface area contributed by atoms with Gasteiger partial charge in [0, 0.05) is 25.1 Å². The van der Waals surface area contributed by atoms with Gasteiger partial charge in [-0.2, -0.15) is 0 Å². The predicted octanol–water partition coefficient (Wildman–Crippen LogP) is 0.237. The molecule has 0 aliphatic carbocycles. The molecule has 0 unspecified atom stereocenters. The number of likely N-dealkylation sites (N-methyl/N-ethyl adjacent to an activating group) is 1. The van der Waals surface area contributed by atoms with E-state index in [1.54, 1.807) is 6.20 Å². The van der Waals surface area contributed by atoms with Crippen LogP contribution in [0.5, 0.6) is 0 Å². The molecule has 4 heteroatoms. The summed E-state index contributed by atoms with van der Waals surface area (Å²) in [5, 5.41) is 3.70. The van der Waals surface area contributed by atoms with E-state index in [-0.39, 0.29) is 0 Å². The molecule has 0 amide bonds. The molecule has 1 aromatic rings. The average molecular weight is 169 g/mol. The maximum Gasteiger partial charge on any atom is 0.142 e. The Balaban J connectivity index is 2.50. The summed E-state index contributed by atoms with van der Waals surface area (Å²) < 4.78 is 5.05. The monoisotopic (exact) mass is 169 g/mol. The highest BCUT2D eigenvalue weighted by Crippen LogP contribution is 2.07. The highest BCUT2D eigenvalue weighted by atomic mass is 16.5. The van der Waals surface area contributed by atoms with Gasteiger partial charge in [-0.05, 0) is 14.1 Å². The zero-order valence-corrected chi connectivity index (χ0v) is 7.58. The number of hydrogen-bond acceptors (Lipinski definition) is 4. The lowest BCUT2D eigenvalue weighted by atomic mass is 10.2. The number of hydrogen-bond donors (Lipinski definition) is 1. The smallest absolute Gasteiger partial charge is 0.142 e. The summed E-state index contributed by atoms with van der Waals surface area (Å²) in [4.78, 5) is 2.10. The number of aromatic nitrogens is 1. The first-order valence-electron chi connectivity index (χ1n) is 4.01. The minimum Gasteiger partial charge on any atom is -0.361 e. The third-order valence-electron chi connectivity index (χ3n) is 1.74. The van der Waals surface area contributed by atoms with E-state index in [4.69, 9.17) is 10.3 Å². The molecule has 0 atom stereocenters. The molecular weight excluding hydrogens is 154 g/mol. The Labute approximate surface area is 72.3 Å². The van der Waals surface area contributed by atoms with Gasteiger partial charge in [0.25, 0.3) is 0 Å². The molecule has 0 fully saturated rings. The normalized spacial score (nSPS) is 11.0. The zero-order valence-electron chi connectivity index (χ0n) is 7.58. The Hall–Kier alpha value is -0.870. The zero-order chi connectivity index (χ0) is 8.97. The molecule has 0 aliphatic rings. The second kappa shape index (κ2) is 4.23. The first-order chi connectivity index (χ1) is 5.74. The lowest BCUT2D eigenvalue weighted by molar-refractivity contribution is 0.348. The Morgan fingerprint density at radius 2 is 2.33 bits per heavy atom. The molecule has 1 rings (SSSR count). The van der Waals surface area contributed by atoms with Gasteiger partial charge in [-0.1, -0.05) is 5.16 Å². The highest BCUT2D eigenvalue weighted by molar-refractivity contribution is 5.12. The summed E-state index contributed by atoms with van der Waals surface area (Å²) >= 11 is 0. The topological polar surface area (TPSA) is 55.3 Å². The van der Waals surface area contributed by atoms with Crippen LogP contribution >= 0.6 is 0 Å². The maximum absolute atomic E-state index is 5.49. The molecule has 0 radical (unpaired) electrons. The van der Waals surface area contributed by atoms with Gasteiger partial charge in [0.05, 0.1) is 6.20 Å². The van der Waals surface area contributed by atoms with Crippen LogP contribution in [0.3, 0.4) is 0 Å². The van der Waals surface area contributed by atoms with Gasteiger partial charge in [0.15, 0.2) is 0 Å². The van der Waals surface area contributed by atoms with Crippen LogP contribution in [-0.2, 0) is 13.0 Å². The van der Waals surface area contributed by atoms with Crippen molar-refractivity contribution in [3.63, 3.8) is 0 Å². The van der Waals surface area contributed by atoms with E-state index in [1.165, 1.54) is 0 Å². The Morgan fingerprint density at radius 3 is 2.92 bits per heavy atom. The van der Waals surface area contributed by atoms with E-state index in [0.29, 0.717) is 6.54 Å². The fourth-order valence-corrected chi connectivity index (χ4v) is 0.982. The molecule has 0 aliphatic heterocycles. The highest BCUT2D eigenvalue weighted by Gasteiger charge is 2.05. The lowest BCUT2D eigenvalue weighted by Gasteiger charge is -2.07. The molecule has 1 aromatic heterocycles. The predicted molar refractivity (Wildman–Crippen MR) is 46.7 cm³/mol. The van der Waals surface area contributed by atoms with Gasteiger partial charge in [-0.25, -0.2) is 0 Å². The van der Waals surface area contributed by atoms with Crippen LogP contribution in [0.4, 0.5) is 0 Å². The van der Waals surface area contributed by atoms with Crippen LogP contribution in [0, 0.1) is 0 Å². The van der Waals surface area contributed by atoms with Crippen LogP contribution < -0.4 is 5.73 Å². The van der Waals surface area contributed by atoms with Crippen molar-refractivity contribution in [3.8, 4) is 0 Å². The third kappa shape index (κ3) is 2.32. The molecule has 12 heavy (non-hydrogen) atoms. The number of rotatable bonds is 4. The molecule has 0 spiro atoms. The molecule has 0 saturated carbocycles. The molecule has 1 heterocycles. The SMILES string of the molecule is CN(C)CCc1oncc1CN. The van der Waals surface area contributed by atoms with Crippen LogP contribution in [-0.4, -0.2) is 30.7 Å². The van der Waals surface area contributed by atoms with Crippen molar-refractivity contribution < 1.29 is 4.52 Å². The summed E-state index contributed by atoms with van der Waals surface area (Å²) in [6, 6.07) is 0. The Bertz CT molecular complexity index is 232. The van der Waals surface area contributed by atoms with Gasteiger partial charge in [0.2, 0.25) is 0 Å². The van der Waals surface area contributed by atoms with Crippen LogP contribution in [0.15, 0.2) is 10.7 Å².